The quantitative estimate of drug-likeness (QED) is 0.909. The first-order valence-corrected chi connectivity index (χ1v) is 8.54. The number of thiazole rings is 1. The number of aliphatic hydroxyl groups is 1. The molecule has 2 aromatic rings. The van der Waals surface area contributed by atoms with Crippen LogP contribution in [0.4, 0.5) is 5.13 Å². The zero-order valence-electron chi connectivity index (χ0n) is 12.5. The van der Waals surface area contributed by atoms with Gasteiger partial charge in [-0.3, -0.25) is 0 Å². The summed E-state index contributed by atoms with van der Waals surface area (Å²) in [6.07, 6.45) is 3.83. The maximum Gasteiger partial charge on any atom is 0.186 e. The van der Waals surface area contributed by atoms with Gasteiger partial charge in [0.25, 0.3) is 0 Å². The lowest BCUT2D eigenvalue weighted by Gasteiger charge is -2.14. The minimum atomic E-state index is 0.0636. The Balaban J connectivity index is 1.83. The van der Waals surface area contributed by atoms with Gasteiger partial charge in [-0.2, -0.15) is 0 Å². The van der Waals surface area contributed by atoms with Crippen LogP contribution >= 0.6 is 11.3 Å². The maximum absolute atomic E-state index is 9.62. The Morgan fingerprint density at radius 1 is 1.33 bits per heavy atom. The fourth-order valence-electron chi connectivity index (χ4n) is 3.05. The van der Waals surface area contributed by atoms with Crippen LogP contribution < -0.4 is 4.90 Å². The molecule has 21 heavy (non-hydrogen) atoms. The second-order valence-corrected chi connectivity index (χ2v) is 6.74. The zero-order valence-corrected chi connectivity index (χ0v) is 13.3. The standard InChI is InChI=1S/C17H22N2OS/c1-2-6-13-9-10-19(11-13)17-18-16(15(12-20)21-17)14-7-4-3-5-8-14/h3-5,7-8,13,20H,2,6,9-12H2,1H3. The Bertz CT molecular complexity index is 582. The van der Waals surface area contributed by atoms with Crippen LogP contribution in [-0.2, 0) is 6.61 Å². The average Bonchev–Trinajstić information content (AvgIpc) is 3.14. The van der Waals surface area contributed by atoms with E-state index < -0.39 is 0 Å². The second kappa shape index (κ2) is 6.58. The van der Waals surface area contributed by atoms with Gasteiger partial charge in [-0.25, -0.2) is 4.98 Å². The van der Waals surface area contributed by atoms with E-state index in [1.165, 1.54) is 19.3 Å². The molecule has 1 unspecified atom stereocenters. The Morgan fingerprint density at radius 3 is 2.86 bits per heavy atom. The third-order valence-electron chi connectivity index (χ3n) is 4.13. The first-order valence-electron chi connectivity index (χ1n) is 7.72. The molecular weight excluding hydrogens is 280 g/mol. The highest BCUT2D eigenvalue weighted by Crippen LogP contribution is 2.35. The van der Waals surface area contributed by atoms with Gasteiger partial charge in [0.2, 0.25) is 0 Å². The molecule has 0 amide bonds. The number of aromatic nitrogens is 1. The van der Waals surface area contributed by atoms with Crippen molar-refractivity contribution in [3.8, 4) is 11.3 Å². The minimum Gasteiger partial charge on any atom is -0.391 e. The van der Waals surface area contributed by atoms with Gasteiger partial charge in [0, 0.05) is 18.7 Å². The molecule has 1 aromatic carbocycles. The molecule has 3 nitrogen and oxygen atoms in total. The molecular formula is C17H22N2OS. The molecule has 0 saturated carbocycles. The highest BCUT2D eigenvalue weighted by molar-refractivity contribution is 7.16. The molecule has 1 aliphatic rings. The van der Waals surface area contributed by atoms with E-state index in [2.05, 4.69) is 24.0 Å². The number of benzene rings is 1. The SMILES string of the molecule is CCCC1CCN(c2nc(-c3ccccc3)c(CO)s2)C1. The van der Waals surface area contributed by atoms with Crippen molar-refractivity contribution in [2.75, 3.05) is 18.0 Å². The van der Waals surface area contributed by atoms with Gasteiger partial charge in [0.15, 0.2) is 5.13 Å². The van der Waals surface area contributed by atoms with Crippen molar-refractivity contribution in [1.29, 1.82) is 0 Å². The van der Waals surface area contributed by atoms with Crippen molar-refractivity contribution in [3.63, 3.8) is 0 Å². The summed E-state index contributed by atoms with van der Waals surface area (Å²) in [6.45, 7) is 4.52. The monoisotopic (exact) mass is 302 g/mol. The molecule has 1 aromatic heterocycles. The summed E-state index contributed by atoms with van der Waals surface area (Å²) >= 11 is 1.64. The number of anilines is 1. The largest absolute Gasteiger partial charge is 0.391 e. The van der Waals surface area contributed by atoms with Crippen LogP contribution in [0.3, 0.4) is 0 Å². The molecule has 3 rings (SSSR count). The Hall–Kier alpha value is -1.39. The molecule has 112 valence electrons. The van der Waals surface area contributed by atoms with Crippen LogP contribution in [0.15, 0.2) is 30.3 Å². The van der Waals surface area contributed by atoms with Crippen LogP contribution in [0.1, 0.15) is 31.1 Å². The van der Waals surface area contributed by atoms with Crippen LogP contribution in [0, 0.1) is 5.92 Å². The summed E-state index contributed by atoms with van der Waals surface area (Å²) in [5.41, 5.74) is 2.03. The Morgan fingerprint density at radius 2 is 2.14 bits per heavy atom. The van der Waals surface area contributed by atoms with E-state index in [1.807, 2.05) is 18.2 Å². The number of hydrogen-bond donors (Lipinski definition) is 1. The average molecular weight is 302 g/mol. The van der Waals surface area contributed by atoms with Gasteiger partial charge in [-0.15, -0.1) is 0 Å². The fourth-order valence-corrected chi connectivity index (χ4v) is 4.03. The Kier molecular flexibility index (Phi) is 4.56. The normalized spacial score (nSPS) is 18.4. The summed E-state index contributed by atoms with van der Waals surface area (Å²) in [5.74, 6) is 0.802. The molecule has 1 aliphatic heterocycles. The number of aliphatic hydroxyl groups excluding tert-OH is 1. The van der Waals surface area contributed by atoms with Crippen molar-refractivity contribution in [2.24, 2.45) is 5.92 Å². The molecule has 4 heteroatoms. The summed E-state index contributed by atoms with van der Waals surface area (Å²) in [5, 5.41) is 10.7. The van der Waals surface area contributed by atoms with Crippen molar-refractivity contribution in [2.45, 2.75) is 32.8 Å². The van der Waals surface area contributed by atoms with Crippen LogP contribution in [0.2, 0.25) is 0 Å². The highest BCUT2D eigenvalue weighted by Gasteiger charge is 2.25. The molecule has 1 N–H and O–H groups in total. The summed E-state index contributed by atoms with van der Waals surface area (Å²) in [6, 6.07) is 10.2. The van der Waals surface area contributed by atoms with Gasteiger partial charge < -0.3 is 10.0 Å². The lowest BCUT2D eigenvalue weighted by atomic mass is 10.0. The van der Waals surface area contributed by atoms with Crippen LogP contribution in [-0.4, -0.2) is 23.2 Å². The smallest absolute Gasteiger partial charge is 0.186 e. The summed E-state index contributed by atoms with van der Waals surface area (Å²) in [4.78, 5) is 8.17. The molecule has 0 bridgehead atoms. The Labute approximate surface area is 130 Å². The predicted octanol–water partition coefficient (Wildman–Crippen LogP) is 3.93. The molecule has 2 heterocycles. The molecule has 1 atom stereocenters. The molecule has 0 aliphatic carbocycles. The van der Waals surface area contributed by atoms with Crippen LogP contribution in [0.25, 0.3) is 11.3 Å². The maximum atomic E-state index is 9.62. The lowest BCUT2D eigenvalue weighted by molar-refractivity contribution is 0.286. The molecule has 1 fully saturated rings. The van der Waals surface area contributed by atoms with Crippen LogP contribution in [0.5, 0.6) is 0 Å². The molecule has 1 saturated heterocycles. The van der Waals surface area contributed by atoms with Gasteiger partial charge in [-0.1, -0.05) is 55.0 Å². The van der Waals surface area contributed by atoms with Gasteiger partial charge in [-0.05, 0) is 18.8 Å². The highest BCUT2D eigenvalue weighted by atomic mass is 32.1. The first-order chi connectivity index (χ1) is 10.3. The third-order valence-corrected chi connectivity index (χ3v) is 5.23. The van der Waals surface area contributed by atoms with E-state index in [-0.39, 0.29) is 6.61 Å². The fraction of sp³-hybridized carbons (Fsp3) is 0.471. The topological polar surface area (TPSA) is 36.4 Å². The minimum absolute atomic E-state index is 0.0636. The van der Waals surface area contributed by atoms with E-state index >= 15 is 0 Å². The van der Waals surface area contributed by atoms with Gasteiger partial charge >= 0.3 is 0 Å². The predicted molar refractivity (Wildman–Crippen MR) is 88.7 cm³/mol. The molecule has 0 radical (unpaired) electrons. The zero-order chi connectivity index (χ0) is 14.7. The van der Waals surface area contributed by atoms with Crippen molar-refractivity contribution in [3.05, 3.63) is 35.2 Å². The van der Waals surface area contributed by atoms with E-state index in [4.69, 9.17) is 4.98 Å². The van der Waals surface area contributed by atoms with E-state index in [0.29, 0.717) is 0 Å². The summed E-state index contributed by atoms with van der Waals surface area (Å²) < 4.78 is 0. The number of hydrogen-bond acceptors (Lipinski definition) is 4. The summed E-state index contributed by atoms with van der Waals surface area (Å²) in [7, 11) is 0. The van der Waals surface area contributed by atoms with E-state index in [9.17, 15) is 5.11 Å². The first kappa shape index (κ1) is 14.5. The molecule has 0 spiro atoms. The number of nitrogens with zero attached hydrogens (tertiary/aromatic N) is 2. The van der Waals surface area contributed by atoms with Crippen molar-refractivity contribution < 1.29 is 5.11 Å². The lowest BCUT2D eigenvalue weighted by Crippen LogP contribution is -2.19. The second-order valence-electron chi connectivity index (χ2n) is 5.68. The number of rotatable bonds is 5. The third kappa shape index (κ3) is 3.11. The van der Waals surface area contributed by atoms with Gasteiger partial charge in [0.1, 0.15) is 0 Å². The van der Waals surface area contributed by atoms with E-state index in [0.717, 1.165) is 40.3 Å². The van der Waals surface area contributed by atoms with Crippen molar-refractivity contribution in [1.82, 2.24) is 4.98 Å². The van der Waals surface area contributed by atoms with E-state index in [1.54, 1.807) is 11.3 Å². The van der Waals surface area contributed by atoms with Crippen molar-refractivity contribution >= 4 is 16.5 Å². The van der Waals surface area contributed by atoms with Gasteiger partial charge in [0.05, 0.1) is 17.2 Å².